The van der Waals surface area contributed by atoms with Gasteiger partial charge in [0.1, 0.15) is 5.69 Å². The molecule has 0 fully saturated rings. The number of para-hydroxylation sites is 1. The lowest BCUT2D eigenvalue weighted by Crippen LogP contribution is -2.73. The fourth-order valence-corrected chi connectivity index (χ4v) is 1.94. The summed E-state index contributed by atoms with van der Waals surface area (Å²) in [6.07, 6.45) is 0. The predicted octanol–water partition coefficient (Wildman–Crippen LogP) is 2.76. The van der Waals surface area contributed by atoms with Crippen LogP contribution in [0.1, 0.15) is 50.7 Å². The highest BCUT2D eigenvalue weighted by Crippen LogP contribution is 2.28. The number of benzene rings is 1. The smallest absolute Gasteiger partial charge is 0.136 e. The van der Waals surface area contributed by atoms with Crippen LogP contribution >= 0.6 is 0 Å². The van der Waals surface area contributed by atoms with Crippen molar-refractivity contribution in [3.8, 4) is 0 Å². The fourth-order valence-electron chi connectivity index (χ4n) is 1.94. The monoisotopic (exact) mass is 192 g/mol. The normalized spacial score (nSPS) is 11.4. The highest BCUT2D eigenvalue weighted by Gasteiger charge is 2.14. The molecule has 1 aromatic rings. The van der Waals surface area contributed by atoms with E-state index in [1.807, 2.05) is 0 Å². The highest BCUT2D eigenvalue weighted by atomic mass is 14.8. The Hall–Kier alpha value is -0.820. The third-order valence-electron chi connectivity index (χ3n) is 2.71. The van der Waals surface area contributed by atoms with Crippen molar-refractivity contribution in [3.05, 3.63) is 29.3 Å². The van der Waals surface area contributed by atoms with Crippen molar-refractivity contribution in [3.63, 3.8) is 0 Å². The average Bonchev–Trinajstić information content (AvgIpc) is 2.16. The molecule has 0 radical (unpaired) electrons. The second-order valence-electron chi connectivity index (χ2n) is 4.45. The van der Waals surface area contributed by atoms with Crippen LogP contribution in [-0.2, 0) is 0 Å². The third kappa shape index (κ3) is 2.16. The summed E-state index contributed by atoms with van der Waals surface area (Å²) in [5.41, 5.74) is 4.38. The van der Waals surface area contributed by atoms with Crippen LogP contribution < -0.4 is 5.32 Å². The topological polar surface area (TPSA) is 16.6 Å². The quantitative estimate of drug-likeness (QED) is 0.709. The molecule has 0 aromatic heterocycles. The van der Waals surface area contributed by atoms with Crippen molar-refractivity contribution in [2.45, 2.75) is 39.5 Å². The summed E-state index contributed by atoms with van der Waals surface area (Å²) >= 11 is 0. The second kappa shape index (κ2) is 4.61. The van der Waals surface area contributed by atoms with Gasteiger partial charge in [0, 0.05) is 11.1 Å². The molecule has 14 heavy (non-hydrogen) atoms. The van der Waals surface area contributed by atoms with Gasteiger partial charge in [-0.3, -0.25) is 0 Å². The molecule has 0 atom stereocenters. The molecule has 1 aromatic carbocycles. The van der Waals surface area contributed by atoms with Gasteiger partial charge in [0.2, 0.25) is 0 Å². The standard InChI is InChI=1S/C13H21N/c1-9(2)11-7-6-8-12(10(3)4)13(11)14-5/h6-10,14H,1-5H3/p+1. The molecule has 0 aliphatic rings. The first-order valence-corrected chi connectivity index (χ1v) is 5.50. The van der Waals surface area contributed by atoms with Crippen molar-refractivity contribution in [2.24, 2.45) is 0 Å². The van der Waals surface area contributed by atoms with E-state index in [9.17, 15) is 0 Å². The summed E-state index contributed by atoms with van der Waals surface area (Å²) < 4.78 is 0. The zero-order chi connectivity index (χ0) is 10.7. The molecule has 0 aliphatic carbocycles. The number of quaternary nitrogens is 1. The molecule has 78 valence electrons. The Morgan fingerprint density at radius 2 is 1.36 bits per heavy atom. The van der Waals surface area contributed by atoms with Crippen molar-refractivity contribution < 1.29 is 5.32 Å². The first-order valence-electron chi connectivity index (χ1n) is 5.50. The zero-order valence-corrected chi connectivity index (χ0v) is 9.96. The van der Waals surface area contributed by atoms with Crippen LogP contribution in [0.5, 0.6) is 0 Å². The van der Waals surface area contributed by atoms with E-state index in [4.69, 9.17) is 0 Å². The maximum Gasteiger partial charge on any atom is 0.136 e. The van der Waals surface area contributed by atoms with E-state index in [2.05, 4.69) is 58.3 Å². The lowest BCUT2D eigenvalue weighted by atomic mass is 9.93. The van der Waals surface area contributed by atoms with Crippen LogP contribution in [0.15, 0.2) is 18.2 Å². The van der Waals surface area contributed by atoms with Gasteiger partial charge in [-0.15, -0.1) is 0 Å². The molecule has 2 N–H and O–H groups in total. The number of rotatable bonds is 3. The van der Waals surface area contributed by atoms with Gasteiger partial charge in [0.15, 0.2) is 0 Å². The van der Waals surface area contributed by atoms with Crippen LogP contribution in [0.2, 0.25) is 0 Å². The van der Waals surface area contributed by atoms with Gasteiger partial charge in [0.05, 0.1) is 7.05 Å². The summed E-state index contributed by atoms with van der Waals surface area (Å²) in [6.45, 7) is 9.03. The molecular formula is C13H22N+. The van der Waals surface area contributed by atoms with Crippen molar-refractivity contribution in [1.29, 1.82) is 0 Å². The average molecular weight is 192 g/mol. The predicted molar refractivity (Wildman–Crippen MR) is 62.1 cm³/mol. The van der Waals surface area contributed by atoms with E-state index in [0.29, 0.717) is 11.8 Å². The van der Waals surface area contributed by atoms with Crippen LogP contribution in [0, 0.1) is 0 Å². The summed E-state index contributed by atoms with van der Waals surface area (Å²) in [4.78, 5) is 0. The first-order chi connectivity index (χ1) is 6.57. The maximum absolute atomic E-state index is 2.26. The van der Waals surface area contributed by atoms with Gasteiger partial charge in [-0.05, 0) is 11.8 Å². The third-order valence-corrected chi connectivity index (χ3v) is 2.71. The fraction of sp³-hybridized carbons (Fsp3) is 0.538. The maximum atomic E-state index is 2.26. The molecule has 1 nitrogen and oxygen atoms in total. The van der Waals surface area contributed by atoms with Crippen LogP contribution in [0.25, 0.3) is 0 Å². The van der Waals surface area contributed by atoms with Gasteiger partial charge >= 0.3 is 0 Å². The highest BCUT2D eigenvalue weighted by molar-refractivity contribution is 5.49. The van der Waals surface area contributed by atoms with Crippen molar-refractivity contribution in [1.82, 2.24) is 0 Å². The number of hydrogen-bond donors (Lipinski definition) is 1. The molecule has 0 aliphatic heterocycles. The lowest BCUT2D eigenvalue weighted by molar-refractivity contribution is -0.540. The molecule has 1 rings (SSSR count). The molecule has 0 saturated heterocycles. The Kier molecular flexibility index (Phi) is 3.70. The minimum Gasteiger partial charge on any atom is -0.316 e. The number of nitrogens with two attached hydrogens (primary N) is 1. The summed E-state index contributed by atoms with van der Waals surface area (Å²) in [6, 6.07) is 6.66. The Labute approximate surface area is 87.5 Å². The lowest BCUT2D eigenvalue weighted by Gasteiger charge is -2.15. The van der Waals surface area contributed by atoms with Gasteiger partial charge in [0.25, 0.3) is 0 Å². The minimum atomic E-state index is 0.611. The Balaban J connectivity index is 3.25. The van der Waals surface area contributed by atoms with E-state index in [0.717, 1.165) is 0 Å². The van der Waals surface area contributed by atoms with Crippen LogP contribution in [0.3, 0.4) is 0 Å². The molecule has 0 bridgehead atoms. The Bertz CT molecular complexity index is 274. The van der Waals surface area contributed by atoms with E-state index in [-0.39, 0.29) is 0 Å². The Morgan fingerprint density at radius 3 is 1.64 bits per heavy atom. The summed E-state index contributed by atoms with van der Waals surface area (Å²) in [5, 5.41) is 2.24. The first kappa shape index (κ1) is 11.3. The largest absolute Gasteiger partial charge is 0.316 e. The summed E-state index contributed by atoms with van der Waals surface area (Å²) in [7, 11) is 2.13. The van der Waals surface area contributed by atoms with E-state index in [1.54, 1.807) is 0 Å². The second-order valence-corrected chi connectivity index (χ2v) is 4.45. The number of hydrogen-bond acceptors (Lipinski definition) is 0. The van der Waals surface area contributed by atoms with Crippen LogP contribution in [-0.4, -0.2) is 7.05 Å². The van der Waals surface area contributed by atoms with Crippen molar-refractivity contribution in [2.75, 3.05) is 7.05 Å². The SMILES string of the molecule is C[NH2+]c1c(C(C)C)cccc1C(C)C. The molecule has 1 heteroatoms. The molecular weight excluding hydrogens is 170 g/mol. The molecule has 0 saturated carbocycles. The van der Waals surface area contributed by atoms with E-state index in [1.165, 1.54) is 16.8 Å². The van der Waals surface area contributed by atoms with E-state index >= 15 is 0 Å². The van der Waals surface area contributed by atoms with Crippen molar-refractivity contribution >= 4 is 5.69 Å². The van der Waals surface area contributed by atoms with Crippen LogP contribution in [0.4, 0.5) is 5.69 Å². The molecule has 0 unspecified atom stereocenters. The molecule has 0 spiro atoms. The molecule has 0 amide bonds. The Morgan fingerprint density at radius 1 is 0.929 bits per heavy atom. The summed E-state index contributed by atoms with van der Waals surface area (Å²) in [5.74, 6) is 1.22. The minimum absolute atomic E-state index is 0.611. The van der Waals surface area contributed by atoms with Gasteiger partial charge in [-0.25, -0.2) is 0 Å². The zero-order valence-electron chi connectivity index (χ0n) is 9.96. The van der Waals surface area contributed by atoms with Gasteiger partial charge < -0.3 is 5.32 Å². The van der Waals surface area contributed by atoms with E-state index < -0.39 is 0 Å². The van der Waals surface area contributed by atoms with Gasteiger partial charge in [-0.1, -0.05) is 45.9 Å². The molecule has 0 heterocycles. The van der Waals surface area contributed by atoms with Gasteiger partial charge in [-0.2, -0.15) is 0 Å².